The molecule has 0 aliphatic rings. The molecule has 0 aliphatic heterocycles. The van der Waals surface area contributed by atoms with Gasteiger partial charge < -0.3 is 5.32 Å². The van der Waals surface area contributed by atoms with Crippen LogP contribution in [-0.2, 0) is 0 Å². The fourth-order valence-electron chi connectivity index (χ4n) is 2.21. The Kier molecular flexibility index (Phi) is 3.12. The highest BCUT2D eigenvalue weighted by Gasteiger charge is 2.10. The summed E-state index contributed by atoms with van der Waals surface area (Å²) in [5, 5.41) is 10.6. The van der Waals surface area contributed by atoms with Crippen LogP contribution in [0, 0.1) is 5.82 Å². The van der Waals surface area contributed by atoms with E-state index in [2.05, 4.69) is 35.5 Å². The molecule has 4 heterocycles. The summed E-state index contributed by atoms with van der Waals surface area (Å²) in [6, 6.07) is 6.36. The predicted molar refractivity (Wildman–Crippen MR) is 82.4 cm³/mol. The van der Waals surface area contributed by atoms with Crippen LogP contribution in [0.1, 0.15) is 0 Å². The highest BCUT2D eigenvalue weighted by Crippen LogP contribution is 2.24. The normalized spacial score (nSPS) is 10.8. The van der Waals surface area contributed by atoms with Crippen LogP contribution in [0.3, 0.4) is 0 Å². The van der Waals surface area contributed by atoms with Gasteiger partial charge in [0.25, 0.3) is 0 Å². The molecule has 0 radical (unpaired) electrons. The Labute approximate surface area is 129 Å². The molecule has 4 aromatic rings. The number of nitrogens with one attached hydrogen (secondary N) is 2. The van der Waals surface area contributed by atoms with Crippen LogP contribution in [0.25, 0.3) is 22.4 Å². The van der Waals surface area contributed by atoms with E-state index in [1.165, 1.54) is 24.7 Å². The Hall–Kier alpha value is -3.42. The highest BCUT2D eigenvalue weighted by atomic mass is 19.1. The first-order chi connectivity index (χ1) is 11.3. The molecular formula is C15H10FN7. The van der Waals surface area contributed by atoms with E-state index in [4.69, 9.17) is 0 Å². The third-order valence-corrected chi connectivity index (χ3v) is 3.27. The second kappa shape index (κ2) is 5.41. The summed E-state index contributed by atoms with van der Waals surface area (Å²) < 4.78 is 13.8. The Morgan fingerprint density at radius 1 is 1.04 bits per heavy atom. The minimum atomic E-state index is -0.420. The smallest absolute Gasteiger partial charge is 0.160 e. The Bertz CT molecular complexity index is 982. The number of anilines is 2. The molecule has 0 bridgehead atoms. The van der Waals surface area contributed by atoms with Crippen LogP contribution >= 0.6 is 0 Å². The lowest BCUT2D eigenvalue weighted by Crippen LogP contribution is -1.97. The molecule has 0 unspecified atom stereocenters. The van der Waals surface area contributed by atoms with Crippen molar-refractivity contribution in [2.45, 2.75) is 0 Å². The van der Waals surface area contributed by atoms with Crippen molar-refractivity contribution < 1.29 is 4.39 Å². The minimum absolute atomic E-state index is 0.201. The van der Waals surface area contributed by atoms with E-state index in [9.17, 15) is 4.39 Å². The molecule has 0 aliphatic carbocycles. The molecule has 0 amide bonds. The van der Waals surface area contributed by atoms with E-state index in [-0.39, 0.29) is 5.69 Å². The van der Waals surface area contributed by atoms with Crippen LogP contribution in [-0.4, -0.2) is 30.1 Å². The van der Waals surface area contributed by atoms with Crippen molar-refractivity contribution >= 4 is 22.5 Å². The summed E-state index contributed by atoms with van der Waals surface area (Å²) in [7, 11) is 0. The van der Waals surface area contributed by atoms with Gasteiger partial charge in [-0.2, -0.15) is 5.10 Å². The first-order valence-corrected chi connectivity index (χ1v) is 6.79. The van der Waals surface area contributed by atoms with Gasteiger partial charge >= 0.3 is 0 Å². The highest BCUT2D eigenvalue weighted by molar-refractivity contribution is 5.87. The van der Waals surface area contributed by atoms with Crippen LogP contribution in [0.5, 0.6) is 0 Å². The van der Waals surface area contributed by atoms with Crippen molar-refractivity contribution in [2.24, 2.45) is 0 Å². The summed E-state index contributed by atoms with van der Waals surface area (Å²) in [6.07, 6.45) is 6.18. The summed E-state index contributed by atoms with van der Waals surface area (Å²) in [4.78, 5) is 16.5. The van der Waals surface area contributed by atoms with Crippen molar-refractivity contribution in [2.75, 3.05) is 5.32 Å². The van der Waals surface area contributed by atoms with Gasteiger partial charge in [0, 0.05) is 18.1 Å². The number of aromatic amines is 1. The molecule has 8 heteroatoms. The molecular weight excluding hydrogens is 297 g/mol. The molecule has 23 heavy (non-hydrogen) atoms. The molecule has 0 aromatic carbocycles. The molecule has 4 rings (SSSR count). The molecule has 0 fully saturated rings. The first-order valence-electron chi connectivity index (χ1n) is 6.79. The number of hydrogen-bond acceptors (Lipinski definition) is 6. The number of aromatic nitrogens is 6. The van der Waals surface area contributed by atoms with Crippen LogP contribution < -0.4 is 5.32 Å². The average molecular weight is 307 g/mol. The van der Waals surface area contributed by atoms with Gasteiger partial charge in [-0.3, -0.25) is 15.1 Å². The molecule has 0 saturated carbocycles. The van der Waals surface area contributed by atoms with Crippen molar-refractivity contribution in [1.29, 1.82) is 0 Å². The zero-order valence-corrected chi connectivity index (χ0v) is 11.7. The molecule has 0 spiro atoms. The number of H-pyrrole nitrogens is 1. The minimum Gasteiger partial charge on any atom is -0.339 e. The lowest BCUT2D eigenvalue weighted by Gasteiger charge is -2.08. The van der Waals surface area contributed by atoms with Crippen molar-refractivity contribution in [3.63, 3.8) is 0 Å². The van der Waals surface area contributed by atoms with Crippen molar-refractivity contribution in [3.05, 3.63) is 55.0 Å². The Balaban J connectivity index is 1.72. The van der Waals surface area contributed by atoms with E-state index in [1.54, 1.807) is 24.5 Å². The Morgan fingerprint density at radius 2 is 2.00 bits per heavy atom. The van der Waals surface area contributed by atoms with E-state index in [0.29, 0.717) is 22.8 Å². The molecule has 7 nitrogen and oxygen atoms in total. The van der Waals surface area contributed by atoms with Gasteiger partial charge in [0.05, 0.1) is 17.3 Å². The van der Waals surface area contributed by atoms with Crippen LogP contribution in [0.4, 0.5) is 15.9 Å². The second-order valence-electron chi connectivity index (χ2n) is 4.74. The van der Waals surface area contributed by atoms with Crippen molar-refractivity contribution in [3.8, 4) is 11.4 Å². The van der Waals surface area contributed by atoms with Gasteiger partial charge in [-0.05, 0) is 24.3 Å². The summed E-state index contributed by atoms with van der Waals surface area (Å²) in [5.41, 5.74) is 1.98. The molecule has 0 atom stereocenters. The van der Waals surface area contributed by atoms with Crippen molar-refractivity contribution in [1.82, 2.24) is 30.1 Å². The predicted octanol–water partition coefficient (Wildman–Crippen LogP) is 2.69. The average Bonchev–Trinajstić information content (AvgIpc) is 3.05. The van der Waals surface area contributed by atoms with E-state index < -0.39 is 5.82 Å². The van der Waals surface area contributed by atoms with Gasteiger partial charge in [-0.15, -0.1) is 0 Å². The van der Waals surface area contributed by atoms with Gasteiger partial charge in [-0.1, -0.05) is 0 Å². The molecule has 112 valence electrons. The number of nitrogens with zero attached hydrogens (tertiary/aromatic N) is 5. The zero-order chi connectivity index (χ0) is 15.6. The number of halogens is 1. The van der Waals surface area contributed by atoms with Gasteiger partial charge in [0.15, 0.2) is 11.5 Å². The lowest BCUT2D eigenvalue weighted by molar-refractivity contribution is 0.625. The lowest BCUT2D eigenvalue weighted by atomic mass is 10.2. The van der Waals surface area contributed by atoms with Gasteiger partial charge in [-0.25, -0.2) is 14.4 Å². The van der Waals surface area contributed by atoms with Gasteiger partial charge in [0.2, 0.25) is 0 Å². The molecule has 4 aromatic heterocycles. The Morgan fingerprint density at radius 3 is 2.91 bits per heavy atom. The third-order valence-electron chi connectivity index (χ3n) is 3.27. The molecule has 0 saturated heterocycles. The maximum atomic E-state index is 13.8. The fraction of sp³-hybridized carbons (Fsp3) is 0. The number of pyridine rings is 2. The van der Waals surface area contributed by atoms with E-state index in [1.807, 2.05) is 0 Å². The second-order valence-corrected chi connectivity index (χ2v) is 4.74. The van der Waals surface area contributed by atoms with Gasteiger partial charge in [0.1, 0.15) is 17.8 Å². The van der Waals surface area contributed by atoms with Crippen LogP contribution in [0.15, 0.2) is 49.2 Å². The quantitative estimate of drug-likeness (QED) is 0.604. The summed E-state index contributed by atoms with van der Waals surface area (Å²) >= 11 is 0. The van der Waals surface area contributed by atoms with E-state index >= 15 is 0 Å². The largest absolute Gasteiger partial charge is 0.339 e. The summed E-state index contributed by atoms with van der Waals surface area (Å²) in [6.45, 7) is 0. The maximum Gasteiger partial charge on any atom is 0.160 e. The zero-order valence-electron chi connectivity index (χ0n) is 11.7. The SMILES string of the molecule is Fc1cccnc1-c1cc(Nc2ncnc3[nH]ncc23)ccn1. The third kappa shape index (κ3) is 2.46. The number of rotatable bonds is 3. The fourth-order valence-corrected chi connectivity index (χ4v) is 2.21. The standard InChI is InChI=1S/C15H10FN7/c16-11-2-1-4-18-13(11)12-6-9(3-5-17-12)22-14-10-7-21-23-15(10)20-8-19-14/h1-8H,(H2,17,19,20,21,22,23). The summed E-state index contributed by atoms with van der Waals surface area (Å²) in [5.74, 6) is 0.179. The van der Waals surface area contributed by atoms with Crippen LogP contribution in [0.2, 0.25) is 0 Å². The maximum absolute atomic E-state index is 13.8. The molecule has 2 N–H and O–H groups in total. The topological polar surface area (TPSA) is 92.3 Å². The monoisotopic (exact) mass is 307 g/mol. The number of fused-ring (bicyclic) bond motifs is 1. The number of hydrogen-bond donors (Lipinski definition) is 2. The first kappa shape index (κ1) is 13.3. The van der Waals surface area contributed by atoms with E-state index in [0.717, 1.165) is 5.39 Å².